The Morgan fingerprint density at radius 2 is 2.09 bits per heavy atom. The molecule has 0 bridgehead atoms. The summed E-state index contributed by atoms with van der Waals surface area (Å²) in [5.41, 5.74) is 0.0875. The highest BCUT2D eigenvalue weighted by atomic mass is 16.2. The minimum absolute atomic E-state index is 0.0638. The molecule has 4 rings (SSSR count). The van der Waals surface area contributed by atoms with Gasteiger partial charge in [-0.25, -0.2) is 4.98 Å². The van der Waals surface area contributed by atoms with Gasteiger partial charge in [0.15, 0.2) is 0 Å². The number of nitrogens with zero attached hydrogens (tertiary/aromatic N) is 4. The van der Waals surface area contributed by atoms with Crippen LogP contribution in [0.15, 0.2) is 30.6 Å². The second-order valence-corrected chi connectivity index (χ2v) is 10.7. The maximum atomic E-state index is 13.5. The van der Waals surface area contributed by atoms with Crippen LogP contribution in [-0.4, -0.2) is 50.9 Å². The van der Waals surface area contributed by atoms with Crippen LogP contribution in [0.5, 0.6) is 0 Å². The number of carbonyl (C=O) groups is 1. The molecule has 1 saturated heterocycles. The summed E-state index contributed by atoms with van der Waals surface area (Å²) >= 11 is 0. The molecule has 1 amide bonds. The van der Waals surface area contributed by atoms with Gasteiger partial charge in [-0.15, -0.1) is 0 Å². The third kappa shape index (κ3) is 5.07. The third-order valence-corrected chi connectivity index (χ3v) is 6.84. The second kappa shape index (κ2) is 9.11. The predicted molar refractivity (Wildman–Crippen MR) is 126 cm³/mol. The maximum Gasteiger partial charge on any atom is 0.243 e. The number of nitrogens with one attached hydrogen (secondary N) is 2. The number of anilines is 1. The quantitative estimate of drug-likeness (QED) is 0.716. The van der Waals surface area contributed by atoms with E-state index in [2.05, 4.69) is 47.4 Å². The van der Waals surface area contributed by atoms with E-state index in [9.17, 15) is 10.1 Å². The van der Waals surface area contributed by atoms with Crippen molar-refractivity contribution in [1.82, 2.24) is 19.6 Å². The Morgan fingerprint density at radius 1 is 1.31 bits per heavy atom. The molecular weight excluding hydrogens is 400 g/mol. The number of carbonyl (C=O) groups excluding carboxylic acids is 1. The molecule has 0 radical (unpaired) electrons. The van der Waals surface area contributed by atoms with Crippen LogP contribution in [0.1, 0.15) is 65.7 Å². The first-order valence-electron chi connectivity index (χ1n) is 11.9. The van der Waals surface area contributed by atoms with Crippen LogP contribution in [0, 0.1) is 16.7 Å². The van der Waals surface area contributed by atoms with Crippen molar-refractivity contribution in [2.75, 3.05) is 18.4 Å². The van der Waals surface area contributed by atoms with Gasteiger partial charge in [-0.2, -0.15) is 5.26 Å². The Hall–Kier alpha value is -2.59. The van der Waals surface area contributed by atoms with Gasteiger partial charge in [-0.3, -0.25) is 14.1 Å². The number of fused-ring (bicyclic) bond motifs is 1. The average molecular weight is 437 g/mol. The second-order valence-electron chi connectivity index (χ2n) is 10.7. The molecule has 7 heteroatoms. The van der Waals surface area contributed by atoms with Gasteiger partial charge in [0, 0.05) is 25.3 Å². The first-order valence-corrected chi connectivity index (χ1v) is 11.9. The van der Waals surface area contributed by atoms with Crippen LogP contribution in [0.2, 0.25) is 0 Å². The van der Waals surface area contributed by atoms with Crippen LogP contribution in [0.25, 0.3) is 5.52 Å². The Balaban J connectivity index is 1.49. The van der Waals surface area contributed by atoms with Crippen molar-refractivity contribution in [2.24, 2.45) is 5.41 Å². The van der Waals surface area contributed by atoms with Crippen molar-refractivity contribution in [3.8, 4) is 6.07 Å². The van der Waals surface area contributed by atoms with Crippen LogP contribution >= 0.6 is 0 Å². The molecule has 1 aliphatic carbocycles. The zero-order chi connectivity index (χ0) is 22.8. The molecule has 32 heavy (non-hydrogen) atoms. The molecular formula is C25H36N6O. The number of hydrogen-bond acceptors (Lipinski definition) is 5. The SMILES string of the molecule is CC(C)(C)CC(Nc1ncc2ccccn12)C(=O)NC1(C#N)CCN(C2CCCCC2)C1. The summed E-state index contributed by atoms with van der Waals surface area (Å²) in [6, 6.07) is 8.44. The molecule has 2 atom stereocenters. The van der Waals surface area contributed by atoms with Gasteiger partial charge in [0.2, 0.25) is 11.9 Å². The number of pyridine rings is 1. The van der Waals surface area contributed by atoms with E-state index in [1.165, 1.54) is 32.1 Å². The number of nitriles is 1. The van der Waals surface area contributed by atoms with E-state index in [0.717, 1.165) is 12.1 Å². The van der Waals surface area contributed by atoms with Gasteiger partial charge in [0.05, 0.1) is 17.8 Å². The fourth-order valence-corrected chi connectivity index (χ4v) is 5.17. The highest BCUT2D eigenvalue weighted by Crippen LogP contribution is 2.30. The molecule has 172 valence electrons. The topological polar surface area (TPSA) is 85.5 Å². The summed E-state index contributed by atoms with van der Waals surface area (Å²) in [6.45, 7) is 7.87. The van der Waals surface area contributed by atoms with Crippen molar-refractivity contribution >= 4 is 17.4 Å². The molecule has 2 N–H and O–H groups in total. The lowest BCUT2D eigenvalue weighted by atomic mass is 9.87. The Morgan fingerprint density at radius 3 is 2.81 bits per heavy atom. The van der Waals surface area contributed by atoms with E-state index >= 15 is 0 Å². The Bertz CT molecular complexity index is 980. The van der Waals surface area contributed by atoms with Crippen molar-refractivity contribution < 1.29 is 4.79 Å². The van der Waals surface area contributed by atoms with Gasteiger partial charge in [0.1, 0.15) is 11.6 Å². The Kier molecular flexibility index (Phi) is 6.43. The maximum absolute atomic E-state index is 13.5. The van der Waals surface area contributed by atoms with E-state index in [-0.39, 0.29) is 11.3 Å². The molecule has 2 unspecified atom stereocenters. The van der Waals surface area contributed by atoms with E-state index in [1.54, 1.807) is 6.20 Å². The van der Waals surface area contributed by atoms with Crippen molar-refractivity contribution in [1.29, 1.82) is 5.26 Å². The summed E-state index contributed by atoms with van der Waals surface area (Å²) in [5.74, 6) is 0.519. The highest BCUT2D eigenvalue weighted by Gasteiger charge is 2.43. The largest absolute Gasteiger partial charge is 0.344 e. The van der Waals surface area contributed by atoms with Gasteiger partial charge >= 0.3 is 0 Å². The minimum Gasteiger partial charge on any atom is -0.344 e. The van der Waals surface area contributed by atoms with Gasteiger partial charge in [0.25, 0.3) is 0 Å². The van der Waals surface area contributed by atoms with Gasteiger partial charge < -0.3 is 10.6 Å². The first-order chi connectivity index (χ1) is 15.3. The van der Waals surface area contributed by atoms with E-state index in [4.69, 9.17) is 0 Å². The number of rotatable bonds is 6. The Labute approximate surface area is 191 Å². The third-order valence-electron chi connectivity index (χ3n) is 6.84. The summed E-state index contributed by atoms with van der Waals surface area (Å²) in [6.07, 6.45) is 11.3. The summed E-state index contributed by atoms with van der Waals surface area (Å²) in [7, 11) is 0. The zero-order valence-corrected chi connectivity index (χ0v) is 19.6. The van der Waals surface area contributed by atoms with Crippen molar-refractivity contribution in [3.63, 3.8) is 0 Å². The number of imidazole rings is 1. The molecule has 1 saturated carbocycles. The highest BCUT2D eigenvalue weighted by molar-refractivity contribution is 5.85. The van der Waals surface area contributed by atoms with Crippen LogP contribution < -0.4 is 10.6 Å². The summed E-state index contributed by atoms with van der Waals surface area (Å²) in [4.78, 5) is 20.4. The molecule has 0 spiro atoms. The lowest BCUT2D eigenvalue weighted by molar-refractivity contribution is -0.123. The molecule has 2 aromatic rings. The molecule has 7 nitrogen and oxygen atoms in total. The van der Waals surface area contributed by atoms with Gasteiger partial charge in [-0.1, -0.05) is 46.1 Å². The van der Waals surface area contributed by atoms with Gasteiger partial charge in [-0.05, 0) is 43.2 Å². The predicted octanol–water partition coefficient (Wildman–Crippen LogP) is 3.97. The monoisotopic (exact) mass is 436 g/mol. The lowest BCUT2D eigenvalue weighted by Crippen LogP contribution is -2.55. The number of hydrogen-bond donors (Lipinski definition) is 2. The van der Waals surface area contributed by atoms with E-state index in [0.29, 0.717) is 31.4 Å². The molecule has 2 aromatic heterocycles. The van der Waals surface area contributed by atoms with Crippen LogP contribution in [0.4, 0.5) is 5.95 Å². The van der Waals surface area contributed by atoms with Crippen LogP contribution in [0.3, 0.4) is 0 Å². The normalized spacial score (nSPS) is 23.7. The summed E-state index contributed by atoms with van der Waals surface area (Å²) in [5, 5.41) is 16.6. The number of amides is 1. The zero-order valence-electron chi connectivity index (χ0n) is 19.6. The number of aromatic nitrogens is 2. The smallest absolute Gasteiger partial charge is 0.243 e. The van der Waals surface area contributed by atoms with E-state index < -0.39 is 11.6 Å². The average Bonchev–Trinajstić information content (AvgIpc) is 3.38. The fourth-order valence-electron chi connectivity index (χ4n) is 5.17. The van der Waals surface area contributed by atoms with Crippen molar-refractivity contribution in [3.05, 3.63) is 30.6 Å². The van der Waals surface area contributed by atoms with E-state index in [1.807, 2.05) is 28.8 Å². The van der Waals surface area contributed by atoms with Crippen LogP contribution in [-0.2, 0) is 4.79 Å². The summed E-state index contributed by atoms with van der Waals surface area (Å²) < 4.78 is 1.95. The fraction of sp³-hybridized carbons (Fsp3) is 0.640. The molecule has 2 aliphatic rings. The molecule has 2 fully saturated rings. The lowest BCUT2D eigenvalue weighted by Gasteiger charge is -2.33. The minimum atomic E-state index is -0.818. The number of likely N-dealkylation sites (tertiary alicyclic amines) is 1. The first kappa shape index (κ1) is 22.6. The molecule has 0 aromatic carbocycles. The van der Waals surface area contributed by atoms with Crippen molar-refractivity contribution in [2.45, 2.75) is 83.3 Å². The standard InChI is InChI=1S/C25H36N6O/c1-24(2,3)15-21(28-23-27-16-20-11-7-8-13-31(20)23)22(32)29-25(17-26)12-14-30(18-25)19-9-5-4-6-10-19/h7-8,11,13,16,19,21H,4-6,9-10,12,14-15,18H2,1-3H3,(H,27,28)(H,29,32). The molecule has 3 heterocycles. The molecule has 1 aliphatic heterocycles.